The van der Waals surface area contributed by atoms with Crippen molar-refractivity contribution in [1.29, 1.82) is 0 Å². The van der Waals surface area contributed by atoms with E-state index in [0.29, 0.717) is 0 Å². The minimum atomic E-state index is 1.17. The van der Waals surface area contributed by atoms with Crippen LogP contribution in [-0.2, 0) is 14.1 Å². The molecule has 122 valence electrons. The summed E-state index contributed by atoms with van der Waals surface area (Å²) < 4.78 is 6.80. The van der Waals surface area contributed by atoms with Crippen LogP contribution in [0.5, 0.6) is 0 Å². The molecular formula is C21H24N3+. The lowest BCUT2D eigenvalue weighted by atomic mass is 9.99. The summed E-state index contributed by atoms with van der Waals surface area (Å²) in [6.45, 7) is 8.84. The van der Waals surface area contributed by atoms with E-state index in [0.717, 1.165) is 0 Å². The maximum atomic E-state index is 2.42. The summed E-state index contributed by atoms with van der Waals surface area (Å²) in [5.41, 5.74) is 7.94. The average molecular weight is 318 g/mol. The van der Waals surface area contributed by atoms with Gasteiger partial charge in [-0.05, 0) is 56.5 Å². The first-order valence-electron chi connectivity index (χ1n) is 8.43. The molecule has 2 aromatic heterocycles. The maximum Gasteiger partial charge on any atom is 0.369 e. The first-order valence-corrected chi connectivity index (χ1v) is 8.43. The monoisotopic (exact) mass is 318 g/mol. The van der Waals surface area contributed by atoms with Crippen LogP contribution in [0.25, 0.3) is 27.8 Å². The smallest absolute Gasteiger partial charge is 0.237 e. The lowest BCUT2D eigenvalue weighted by Crippen LogP contribution is -2.32. The molecule has 0 radical (unpaired) electrons. The Labute approximate surface area is 142 Å². The highest BCUT2D eigenvalue weighted by Crippen LogP contribution is 2.36. The molecule has 0 saturated heterocycles. The molecule has 0 saturated carbocycles. The second kappa shape index (κ2) is 4.97. The SMILES string of the molecule is Cc1ccc2c(c1)c1c(C)cc(C)c(C)c1n2-c1n(C)cc[n+]1C. The van der Waals surface area contributed by atoms with Crippen molar-refractivity contribution in [1.82, 2.24) is 9.13 Å². The highest BCUT2D eigenvalue weighted by atomic mass is 15.3. The fraction of sp³-hybridized carbons (Fsp3) is 0.286. The summed E-state index contributed by atoms with van der Waals surface area (Å²) >= 11 is 0. The number of imidazole rings is 1. The fourth-order valence-corrected chi connectivity index (χ4v) is 3.96. The molecule has 0 unspecified atom stereocenters. The predicted molar refractivity (Wildman–Crippen MR) is 99.9 cm³/mol. The summed E-state index contributed by atoms with van der Waals surface area (Å²) in [4.78, 5) is 0. The predicted octanol–water partition coefficient (Wildman–Crippen LogP) is 4.18. The Morgan fingerprint density at radius 2 is 1.71 bits per heavy atom. The van der Waals surface area contributed by atoms with Gasteiger partial charge in [-0.15, -0.1) is 0 Å². The van der Waals surface area contributed by atoms with Gasteiger partial charge in [-0.3, -0.25) is 0 Å². The normalized spacial score (nSPS) is 11.8. The van der Waals surface area contributed by atoms with Gasteiger partial charge in [0.25, 0.3) is 0 Å². The molecule has 3 nitrogen and oxygen atoms in total. The molecule has 0 amide bonds. The van der Waals surface area contributed by atoms with E-state index in [2.05, 4.69) is 92.2 Å². The molecular weight excluding hydrogens is 294 g/mol. The van der Waals surface area contributed by atoms with Gasteiger partial charge < -0.3 is 0 Å². The van der Waals surface area contributed by atoms with Gasteiger partial charge in [0.1, 0.15) is 11.0 Å². The van der Waals surface area contributed by atoms with Crippen LogP contribution in [0.1, 0.15) is 22.3 Å². The van der Waals surface area contributed by atoms with Gasteiger partial charge in [0.2, 0.25) is 0 Å². The van der Waals surface area contributed by atoms with E-state index in [1.165, 1.54) is 50.0 Å². The van der Waals surface area contributed by atoms with Crippen molar-refractivity contribution < 1.29 is 4.57 Å². The number of aromatic nitrogens is 3. The second-order valence-corrected chi connectivity index (χ2v) is 7.03. The third-order valence-corrected chi connectivity index (χ3v) is 5.24. The van der Waals surface area contributed by atoms with Crippen molar-refractivity contribution in [2.24, 2.45) is 14.1 Å². The number of rotatable bonds is 1. The van der Waals surface area contributed by atoms with Crippen molar-refractivity contribution in [2.75, 3.05) is 0 Å². The van der Waals surface area contributed by atoms with Crippen molar-refractivity contribution in [3.63, 3.8) is 0 Å². The lowest BCUT2D eigenvalue weighted by Gasteiger charge is -2.08. The number of fused-ring (bicyclic) bond motifs is 3. The van der Waals surface area contributed by atoms with Crippen LogP contribution >= 0.6 is 0 Å². The summed E-state index contributed by atoms with van der Waals surface area (Å²) in [5.74, 6) is 1.17. The third-order valence-electron chi connectivity index (χ3n) is 5.24. The van der Waals surface area contributed by atoms with E-state index in [9.17, 15) is 0 Å². The van der Waals surface area contributed by atoms with Gasteiger partial charge in [0.15, 0.2) is 0 Å². The molecule has 0 fully saturated rings. The highest BCUT2D eigenvalue weighted by Gasteiger charge is 2.25. The van der Waals surface area contributed by atoms with Crippen molar-refractivity contribution >= 4 is 21.8 Å². The van der Waals surface area contributed by atoms with E-state index >= 15 is 0 Å². The van der Waals surface area contributed by atoms with Crippen LogP contribution in [0.2, 0.25) is 0 Å². The molecule has 0 spiro atoms. The minimum absolute atomic E-state index is 1.17. The molecule has 0 aliphatic heterocycles. The fourth-order valence-electron chi connectivity index (χ4n) is 3.96. The van der Waals surface area contributed by atoms with Gasteiger partial charge in [-0.1, -0.05) is 17.7 Å². The largest absolute Gasteiger partial charge is 0.369 e. The van der Waals surface area contributed by atoms with Crippen LogP contribution < -0.4 is 4.57 Å². The Balaban J connectivity index is 2.35. The van der Waals surface area contributed by atoms with Gasteiger partial charge in [0, 0.05) is 10.8 Å². The molecule has 0 bridgehead atoms. The molecule has 0 atom stereocenters. The molecule has 3 heteroatoms. The minimum Gasteiger partial charge on any atom is -0.237 e. The number of nitrogens with zero attached hydrogens (tertiary/aromatic N) is 3. The Morgan fingerprint density at radius 3 is 2.38 bits per heavy atom. The topological polar surface area (TPSA) is 13.7 Å². The highest BCUT2D eigenvalue weighted by molar-refractivity contribution is 6.12. The van der Waals surface area contributed by atoms with Crippen LogP contribution in [0.3, 0.4) is 0 Å². The zero-order valence-electron chi connectivity index (χ0n) is 15.3. The molecule has 2 heterocycles. The summed E-state index contributed by atoms with van der Waals surface area (Å²) in [6.07, 6.45) is 4.22. The molecule has 0 aliphatic rings. The van der Waals surface area contributed by atoms with Crippen molar-refractivity contribution in [2.45, 2.75) is 27.7 Å². The zero-order valence-corrected chi connectivity index (χ0v) is 15.3. The molecule has 4 aromatic rings. The molecule has 2 aromatic carbocycles. The van der Waals surface area contributed by atoms with Gasteiger partial charge >= 0.3 is 5.95 Å². The Kier molecular flexibility index (Phi) is 3.11. The Hall–Kier alpha value is -2.55. The molecule has 4 rings (SSSR count). The second-order valence-electron chi connectivity index (χ2n) is 7.03. The molecule has 0 N–H and O–H groups in total. The lowest BCUT2D eigenvalue weighted by molar-refractivity contribution is -0.664. The van der Waals surface area contributed by atoms with E-state index in [4.69, 9.17) is 0 Å². The quantitative estimate of drug-likeness (QED) is 0.467. The van der Waals surface area contributed by atoms with E-state index in [-0.39, 0.29) is 0 Å². The first-order chi connectivity index (χ1) is 11.4. The van der Waals surface area contributed by atoms with Crippen LogP contribution in [0.15, 0.2) is 36.7 Å². The van der Waals surface area contributed by atoms with Gasteiger partial charge in [-0.2, -0.15) is 4.57 Å². The summed E-state index contributed by atoms with van der Waals surface area (Å²) in [6, 6.07) is 9.09. The molecule has 24 heavy (non-hydrogen) atoms. The first kappa shape index (κ1) is 15.0. The third kappa shape index (κ3) is 1.87. The number of benzene rings is 2. The van der Waals surface area contributed by atoms with Crippen LogP contribution in [-0.4, -0.2) is 9.13 Å². The van der Waals surface area contributed by atoms with Gasteiger partial charge in [0.05, 0.1) is 26.5 Å². The standard InChI is InChI=1S/C21H24N3/c1-13-7-8-18-17(11-13)19-15(3)12-14(2)16(4)20(19)24(18)21-22(5)9-10-23(21)6/h7-12H,1-6H3/q+1. The average Bonchev–Trinajstić information content (AvgIpc) is 3.02. The zero-order chi connectivity index (χ0) is 17.2. The van der Waals surface area contributed by atoms with E-state index in [1.807, 2.05) is 0 Å². The van der Waals surface area contributed by atoms with E-state index < -0.39 is 0 Å². The molecule has 0 aliphatic carbocycles. The van der Waals surface area contributed by atoms with Crippen LogP contribution in [0.4, 0.5) is 0 Å². The van der Waals surface area contributed by atoms with Crippen molar-refractivity contribution in [3.05, 3.63) is 58.9 Å². The number of hydrogen-bond acceptors (Lipinski definition) is 0. The Morgan fingerprint density at radius 1 is 0.958 bits per heavy atom. The van der Waals surface area contributed by atoms with Crippen molar-refractivity contribution in [3.8, 4) is 5.95 Å². The van der Waals surface area contributed by atoms with E-state index in [1.54, 1.807) is 0 Å². The summed E-state index contributed by atoms with van der Waals surface area (Å²) in [7, 11) is 4.22. The number of aryl methyl sites for hydroxylation is 6. The Bertz CT molecular complexity index is 1090. The number of hydrogen-bond donors (Lipinski definition) is 0. The maximum absolute atomic E-state index is 2.42. The van der Waals surface area contributed by atoms with Gasteiger partial charge in [-0.25, -0.2) is 9.13 Å². The van der Waals surface area contributed by atoms with Crippen LogP contribution in [0, 0.1) is 27.7 Å². The summed E-state index contributed by atoms with van der Waals surface area (Å²) in [5, 5.41) is 2.71.